The maximum absolute atomic E-state index is 5.56. The third-order valence-electron chi connectivity index (χ3n) is 4.84. The van der Waals surface area contributed by atoms with Gasteiger partial charge >= 0.3 is 0 Å². The SMILES string of the molecule is CCC(C)C.CNc1nc(C(C)C)ccc1-c1nc2c(C)c[nH]c2cc1OC. The zero-order valence-corrected chi connectivity index (χ0v) is 18.5. The molecule has 2 N–H and O–H groups in total. The van der Waals surface area contributed by atoms with E-state index in [1.54, 1.807) is 7.11 Å². The normalized spacial score (nSPS) is 10.9. The molecule has 3 rings (SSSR count). The van der Waals surface area contributed by atoms with Crippen molar-refractivity contribution in [2.24, 2.45) is 5.92 Å². The summed E-state index contributed by atoms with van der Waals surface area (Å²) >= 11 is 0. The fraction of sp³-hybridized carbons (Fsp3) is 0.478. The molecule has 5 nitrogen and oxygen atoms in total. The average molecular weight is 383 g/mol. The number of aromatic amines is 1. The molecule has 0 saturated carbocycles. The smallest absolute Gasteiger partial charge is 0.147 e. The Morgan fingerprint density at radius 2 is 1.82 bits per heavy atom. The standard InChI is InChI=1S/C18H22N4O.C5H12/c1-10(2)13-7-6-12(18(19-4)21-13)17-15(23-5)8-14-16(22-17)11(3)9-20-14;1-4-5(2)3/h6-10,20H,1-5H3,(H,19,21);5H,4H2,1-3H3. The second-order valence-electron chi connectivity index (χ2n) is 7.75. The summed E-state index contributed by atoms with van der Waals surface area (Å²) in [6.07, 6.45) is 3.26. The van der Waals surface area contributed by atoms with Gasteiger partial charge in [0.1, 0.15) is 17.3 Å². The van der Waals surface area contributed by atoms with Gasteiger partial charge in [-0.3, -0.25) is 0 Å². The number of hydrogen-bond donors (Lipinski definition) is 2. The van der Waals surface area contributed by atoms with Crippen LogP contribution in [0.1, 0.15) is 58.2 Å². The van der Waals surface area contributed by atoms with Crippen molar-refractivity contribution < 1.29 is 4.74 Å². The topological polar surface area (TPSA) is 62.8 Å². The van der Waals surface area contributed by atoms with Crippen LogP contribution in [0.4, 0.5) is 5.82 Å². The lowest BCUT2D eigenvalue weighted by Gasteiger charge is -2.14. The highest BCUT2D eigenvalue weighted by Crippen LogP contribution is 2.35. The summed E-state index contributed by atoms with van der Waals surface area (Å²) in [5, 5.41) is 3.18. The monoisotopic (exact) mass is 382 g/mol. The minimum atomic E-state index is 0.375. The van der Waals surface area contributed by atoms with E-state index in [4.69, 9.17) is 14.7 Å². The molecule has 0 aliphatic rings. The molecule has 0 atom stereocenters. The van der Waals surface area contributed by atoms with Gasteiger partial charge in [-0.25, -0.2) is 9.97 Å². The van der Waals surface area contributed by atoms with Crippen molar-refractivity contribution in [1.29, 1.82) is 0 Å². The van der Waals surface area contributed by atoms with Gasteiger partial charge in [0, 0.05) is 30.6 Å². The van der Waals surface area contributed by atoms with Gasteiger partial charge in [-0.1, -0.05) is 41.0 Å². The lowest BCUT2D eigenvalue weighted by atomic mass is 10.1. The first-order valence-electron chi connectivity index (χ1n) is 10.0. The minimum Gasteiger partial charge on any atom is -0.494 e. The van der Waals surface area contributed by atoms with E-state index in [9.17, 15) is 0 Å². The fourth-order valence-electron chi connectivity index (χ4n) is 2.69. The molecule has 0 spiro atoms. The van der Waals surface area contributed by atoms with Crippen molar-refractivity contribution in [2.75, 3.05) is 19.5 Å². The van der Waals surface area contributed by atoms with Gasteiger partial charge in [0.25, 0.3) is 0 Å². The predicted molar refractivity (Wildman–Crippen MR) is 119 cm³/mol. The van der Waals surface area contributed by atoms with E-state index in [2.05, 4.69) is 57.1 Å². The molecule has 0 aliphatic heterocycles. The Bertz CT molecular complexity index is 912. The Balaban J connectivity index is 0.000000500. The number of methoxy groups -OCH3 is 1. The van der Waals surface area contributed by atoms with Crippen molar-refractivity contribution in [2.45, 2.75) is 53.9 Å². The summed E-state index contributed by atoms with van der Waals surface area (Å²) in [5.74, 6) is 2.81. The lowest BCUT2D eigenvalue weighted by Crippen LogP contribution is -2.02. The summed E-state index contributed by atoms with van der Waals surface area (Å²) < 4.78 is 5.56. The Kier molecular flexibility index (Phi) is 7.44. The Morgan fingerprint density at radius 1 is 1.14 bits per heavy atom. The average Bonchev–Trinajstić information content (AvgIpc) is 3.06. The van der Waals surface area contributed by atoms with Crippen molar-refractivity contribution >= 4 is 16.9 Å². The maximum Gasteiger partial charge on any atom is 0.147 e. The zero-order valence-electron chi connectivity index (χ0n) is 18.5. The fourth-order valence-corrected chi connectivity index (χ4v) is 2.69. The molecular weight excluding hydrogens is 348 g/mol. The van der Waals surface area contributed by atoms with Crippen LogP contribution in [0.5, 0.6) is 5.75 Å². The molecule has 0 amide bonds. The van der Waals surface area contributed by atoms with E-state index in [0.717, 1.165) is 51.0 Å². The van der Waals surface area contributed by atoms with Crippen LogP contribution in [0.2, 0.25) is 0 Å². The minimum absolute atomic E-state index is 0.375. The van der Waals surface area contributed by atoms with Gasteiger partial charge in [0.2, 0.25) is 0 Å². The highest BCUT2D eigenvalue weighted by molar-refractivity contribution is 5.87. The third-order valence-corrected chi connectivity index (χ3v) is 4.84. The van der Waals surface area contributed by atoms with Crippen LogP contribution in [-0.4, -0.2) is 29.1 Å². The summed E-state index contributed by atoms with van der Waals surface area (Å²) in [7, 11) is 3.54. The van der Waals surface area contributed by atoms with Crippen LogP contribution in [0.3, 0.4) is 0 Å². The van der Waals surface area contributed by atoms with Crippen LogP contribution in [0, 0.1) is 12.8 Å². The first-order chi connectivity index (χ1) is 13.3. The number of aromatic nitrogens is 3. The molecule has 152 valence electrons. The molecule has 0 aromatic carbocycles. The molecule has 28 heavy (non-hydrogen) atoms. The van der Waals surface area contributed by atoms with E-state index in [1.165, 1.54) is 6.42 Å². The molecule has 3 heterocycles. The van der Waals surface area contributed by atoms with E-state index in [0.29, 0.717) is 5.92 Å². The summed E-state index contributed by atoms with van der Waals surface area (Å²) in [6, 6.07) is 6.10. The third kappa shape index (κ3) is 4.83. The van der Waals surface area contributed by atoms with E-state index in [1.807, 2.05) is 26.2 Å². The number of aryl methyl sites for hydroxylation is 1. The number of fused-ring (bicyclic) bond motifs is 1. The molecule has 0 aliphatic carbocycles. The molecule has 0 unspecified atom stereocenters. The summed E-state index contributed by atoms with van der Waals surface area (Å²) in [4.78, 5) is 12.8. The van der Waals surface area contributed by atoms with Crippen molar-refractivity contribution in [3.05, 3.63) is 35.7 Å². The Hall–Kier alpha value is -2.56. The Morgan fingerprint density at radius 3 is 2.36 bits per heavy atom. The number of anilines is 1. The van der Waals surface area contributed by atoms with Crippen molar-refractivity contribution in [3.63, 3.8) is 0 Å². The number of hydrogen-bond acceptors (Lipinski definition) is 4. The molecule has 0 saturated heterocycles. The highest BCUT2D eigenvalue weighted by atomic mass is 16.5. The molecule has 0 radical (unpaired) electrons. The molecule has 3 aromatic heterocycles. The first kappa shape index (κ1) is 21.7. The summed E-state index contributed by atoms with van der Waals surface area (Å²) in [6.45, 7) is 13.0. The van der Waals surface area contributed by atoms with Gasteiger partial charge in [0.15, 0.2) is 0 Å². The number of ether oxygens (including phenoxy) is 1. The van der Waals surface area contributed by atoms with E-state index < -0.39 is 0 Å². The zero-order chi connectivity index (χ0) is 20.8. The maximum atomic E-state index is 5.56. The van der Waals surface area contributed by atoms with Gasteiger partial charge in [0.05, 0.1) is 18.1 Å². The van der Waals surface area contributed by atoms with Crippen LogP contribution >= 0.6 is 0 Å². The molecule has 3 aromatic rings. The van der Waals surface area contributed by atoms with Crippen LogP contribution < -0.4 is 10.1 Å². The lowest BCUT2D eigenvalue weighted by molar-refractivity contribution is 0.415. The first-order valence-corrected chi connectivity index (χ1v) is 10.0. The Labute approximate surface area is 169 Å². The van der Waals surface area contributed by atoms with E-state index in [-0.39, 0.29) is 0 Å². The largest absolute Gasteiger partial charge is 0.494 e. The second-order valence-corrected chi connectivity index (χ2v) is 7.75. The van der Waals surface area contributed by atoms with Crippen LogP contribution in [0.15, 0.2) is 24.4 Å². The summed E-state index contributed by atoms with van der Waals surface area (Å²) in [5.41, 5.74) is 5.83. The van der Waals surface area contributed by atoms with Gasteiger partial charge in [-0.15, -0.1) is 0 Å². The number of rotatable bonds is 5. The van der Waals surface area contributed by atoms with Crippen LogP contribution in [0.25, 0.3) is 22.3 Å². The molecule has 0 bridgehead atoms. The van der Waals surface area contributed by atoms with Crippen molar-refractivity contribution in [3.8, 4) is 17.0 Å². The quantitative estimate of drug-likeness (QED) is 0.555. The molecular formula is C23H34N4O. The molecule has 0 fully saturated rings. The number of pyridine rings is 2. The van der Waals surface area contributed by atoms with E-state index >= 15 is 0 Å². The second kappa shape index (κ2) is 9.58. The number of H-pyrrole nitrogens is 1. The predicted octanol–water partition coefficient (Wildman–Crippen LogP) is 6.16. The number of nitrogens with one attached hydrogen (secondary N) is 2. The van der Waals surface area contributed by atoms with Crippen molar-refractivity contribution in [1.82, 2.24) is 15.0 Å². The van der Waals surface area contributed by atoms with Gasteiger partial charge in [-0.05, 0) is 36.5 Å². The number of nitrogens with zero attached hydrogens (tertiary/aromatic N) is 2. The highest BCUT2D eigenvalue weighted by Gasteiger charge is 2.17. The van der Waals surface area contributed by atoms with Gasteiger partial charge in [-0.2, -0.15) is 0 Å². The van der Waals surface area contributed by atoms with Crippen LogP contribution in [-0.2, 0) is 0 Å². The van der Waals surface area contributed by atoms with Gasteiger partial charge < -0.3 is 15.0 Å². The molecule has 5 heteroatoms.